The number of halogens is 2. The van der Waals surface area contributed by atoms with Crippen molar-refractivity contribution in [3.8, 4) is 0 Å². The summed E-state index contributed by atoms with van der Waals surface area (Å²) in [4.78, 5) is 16.2. The Morgan fingerprint density at radius 3 is 2.50 bits per heavy atom. The molecule has 0 saturated carbocycles. The molecular formula is C14H17F2N3O. The fraction of sp³-hybridized carbons (Fsp3) is 0.500. The Hall–Kier alpha value is -1.53. The van der Waals surface area contributed by atoms with Gasteiger partial charge in [-0.05, 0) is 18.2 Å². The third-order valence-corrected chi connectivity index (χ3v) is 3.98. The second-order valence-corrected chi connectivity index (χ2v) is 5.28. The predicted octanol–water partition coefficient (Wildman–Crippen LogP) is 0.694. The molecule has 3 rings (SSSR count). The zero-order valence-corrected chi connectivity index (χ0v) is 11.1. The number of amides is 1. The SMILES string of the molecule is O=C(c1ccc(F)c(F)c1)N1CC(N2CCNCC2)C1. The molecule has 0 spiro atoms. The summed E-state index contributed by atoms with van der Waals surface area (Å²) in [6, 6.07) is 3.69. The second kappa shape index (κ2) is 5.46. The molecule has 0 unspecified atom stereocenters. The van der Waals surface area contributed by atoms with Crippen LogP contribution >= 0.6 is 0 Å². The average molecular weight is 281 g/mol. The highest BCUT2D eigenvalue weighted by atomic mass is 19.2. The Kier molecular flexibility index (Phi) is 3.67. The Labute approximate surface area is 116 Å². The first-order valence-corrected chi connectivity index (χ1v) is 6.84. The molecule has 2 fully saturated rings. The van der Waals surface area contributed by atoms with Gasteiger partial charge in [-0.3, -0.25) is 9.69 Å². The van der Waals surface area contributed by atoms with E-state index in [9.17, 15) is 13.6 Å². The number of carbonyl (C=O) groups is 1. The van der Waals surface area contributed by atoms with Gasteiger partial charge >= 0.3 is 0 Å². The average Bonchev–Trinajstić information content (AvgIpc) is 2.41. The van der Waals surface area contributed by atoms with Crippen molar-refractivity contribution in [2.24, 2.45) is 0 Å². The maximum Gasteiger partial charge on any atom is 0.254 e. The Morgan fingerprint density at radius 2 is 1.85 bits per heavy atom. The summed E-state index contributed by atoms with van der Waals surface area (Å²) in [5.74, 6) is -2.13. The second-order valence-electron chi connectivity index (χ2n) is 5.28. The van der Waals surface area contributed by atoms with Crippen molar-refractivity contribution >= 4 is 5.91 Å². The molecule has 2 aliphatic rings. The number of piperazine rings is 1. The maximum atomic E-state index is 13.1. The molecule has 1 aromatic rings. The van der Waals surface area contributed by atoms with Crippen molar-refractivity contribution in [3.05, 3.63) is 35.4 Å². The number of hydrogen-bond donors (Lipinski definition) is 1. The van der Waals surface area contributed by atoms with Crippen LogP contribution in [0.2, 0.25) is 0 Å². The lowest BCUT2D eigenvalue weighted by Crippen LogP contribution is -2.63. The molecule has 108 valence electrons. The molecule has 0 radical (unpaired) electrons. The smallest absolute Gasteiger partial charge is 0.254 e. The summed E-state index contributed by atoms with van der Waals surface area (Å²) in [7, 11) is 0. The number of rotatable bonds is 2. The highest BCUT2D eigenvalue weighted by Gasteiger charge is 2.35. The first kappa shape index (κ1) is 13.5. The molecule has 1 amide bonds. The van der Waals surface area contributed by atoms with E-state index in [0.29, 0.717) is 19.1 Å². The fourth-order valence-corrected chi connectivity index (χ4v) is 2.71. The highest BCUT2D eigenvalue weighted by Crippen LogP contribution is 2.19. The van der Waals surface area contributed by atoms with Gasteiger partial charge in [-0.2, -0.15) is 0 Å². The lowest BCUT2D eigenvalue weighted by Gasteiger charge is -2.46. The minimum Gasteiger partial charge on any atom is -0.335 e. The van der Waals surface area contributed by atoms with Crippen LogP contribution in [0.1, 0.15) is 10.4 Å². The molecule has 0 atom stereocenters. The molecule has 2 saturated heterocycles. The van der Waals surface area contributed by atoms with E-state index in [1.807, 2.05) is 0 Å². The standard InChI is InChI=1S/C14H17F2N3O/c15-12-2-1-10(7-13(12)16)14(20)19-8-11(9-19)18-5-3-17-4-6-18/h1-2,7,11,17H,3-6,8-9H2. The van der Waals surface area contributed by atoms with Gasteiger partial charge < -0.3 is 10.2 Å². The molecule has 2 aliphatic heterocycles. The van der Waals surface area contributed by atoms with Gasteiger partial charge in [-0.25, -0.2) is 8.78 Å². The van der Waals surface area contributed by atoms with Crippen molar-refractivity contribution < 1.29 is 13.6 Å². The van der Waals surface area contributed by atoms with Crippen LogP contribution in [0.15, 0.2) is 18.2 Å². The van der Waals surface area contributed by atoms with E-state index in [4.69, 9.17) is 0 Å². The molecule has 2 heterocycles. The number of benzene rings is 1. The van der Waals surface area contributed by atoms with Gasteiger partial charge in [0.15, 0.2) is 11.6 Å². The summed E-state index contributed by atoms with van der Waals surface area (Å²) in [5.41, 5.74) is 0.211. The first-order valence-electron chi connectivity index (χ1n) is 6.84. The van der Waals surface area contributed by atoms with E-state index in [2.05, 4.69) is 10.2 Å². The minimum absolute atomic E-state index is 0.211. The Morgan fingerprint density at radius 1 is 1.15 bits per heavy atom. The lowest BCUT2D eigenvalue weighted by atomic mass is 10.0. The number of nitrogens with one attached hydrogen (secondary N) is 1. The van der Waals surface area contributed by atoms with Crippen LogP contribution in [0.4, 0.5) is 8.78 Å². The van der Waals surface area contributed by atoms with Gasteiger partial charge in [0.25, 0.3) is 5.91 Å². The molecule has 1 N–H and O–H groups in total. The van der Waals surface area contributed by atoms with Crippen LogP contribution in [0.25, 0.3) is 0 Å². The largest absolute Gasteiger partial charge is 0.335 e. The minimum atomic E-state index is -0.977. The van der Waals surface area contributed by atoms with E-state index in [1.54, 1.807) is 4.90 Å². The van der Waals surface area contributed by atoms with E-state index >= 15 is 0 Å². The molecular weight excluding hydrogens is 264 g/mol. The molecule has 4 nitrogen and oxygen atoms in total. The number of nitrogens with zero attached hydrogens (tertiary/aromatic N) is 2. The van der Waals surface area contributed by atoms with E-state index in [-0.39, 0.29) is 11.5 Å². The van der Waals surface area contributed by atoms with Crippen LogP contribution in [0.5, 0.6) is 0 Å². The van der Waals surface area contributed by atoms with Gasteiger partial charge in [-0.15, -0.1) is 0 Å². The van der Waals surface area contributed by atoms with E-state index in [0.717, 1.165) is 38.3 Å². The van der Waals surface area contributed by atoms with Crippen molar-refractivity contribution in [1.82, 2.24) is 15.1 Å². The molecule has 6 heteroatoms. The highest BCUT2D eigenvalue weighted by molar-refractivity contribution is 5.94. The Bertz CT molecular complexity index is 511. The zero-order chi connectivity index (χ0) is 14.1. The van der Waals surface area contributed by atoms with Crippen LogP contribution in [0.3, 0.4) is 0 Å². The summed E-state index contributed by atoms with van der Waals surface area (Å²) >= 11 is 0. The third kappa shape index (κ3) is 2.53. The van der Waals surface area contributed by atoms with Crippen LogP contribution in [-0.4, -0.2) is 61.0 Å². The van der Waals surface area contributed by atoms with Gasteiger partial charge in [0, 0.05) is 50.9 Å². The monoisotopic (exact) mass is 281 g/mol. The van der Waals surface area contributed by atoms with Gasteiger partial charge in [0.05, 0.1) is 0 Å². The molecule has 20 heavy (non-hydrogen) atoms. The van der Waals surface area contributed by atoms with Crippen molar-refractivity contribution in [1.29, 1.82) is 0 Å². The first-order chi connectivity index (χ1) is 9.65. The molecule has 0 bridgehead atoms. The third-order valence-electron chi connectivity index (χ3n) is 3.98. The van der Waals surface area contributed by atoms with Crippen molar-refractivity contribution in [2.75, 3.05) is 39.3 Å². The molecule has 0 aromatic heterocycles. The van der Waals surface area contributed by atoms with Gasteiger partial charge in [0.2, 0.25) is 0 Å². The normalized spacial score (nSPS) is 20.8. The van der Waals surface area contributed by atoms with Crippen LogP contribution in [0, 0.1) is 11.6 Å². The fourth-order valence-electron chi connectivity index (χ4n) is 2.71. The Balaban J connectivity index is 1.58. The van der Waals surface area contributed by atoms with Crippen molar-refractivity contribution in [2.45, 2.75) is 6.04 Å². The molecule has 1 aromatic carbocycles. The predicted molar refractivity (Wildman–Crippen MR) is 70.5 cm³/mol. The van der Waals surface area contributed by atoms with Gasteiger partial charge in [0.1, 0.15) is 0 Å². The lowest BCUT2D eigenvalue weighted by molar-refractivity contribution is 0.0226. The number of carbonyl (C=O) groups excluding carboxylic acids is 1. The topological polar surface area (TPSA) is 35.6 Å². The summed E-state index contributed by atoms with van der Waals surface area (Å²) in [5, 5.41) is 3.29. The quantitative estimate of drug-likeness (QED) is 0.866. The summed E-state index contributed by atoms with van der Waals surface area (Å²) < 4.78 is 26.0. The molecule has 0 aliphatic carbocycles. The van der Waals surface area contributed by atoms with Crippen LogP contribution < -0.4 is 5.32 Å². The van der Waals surface area contributed by atoms with Crippen LogP contribution in [-0.2, 0) is 0 Å². The van der Waals surface area contributed by atoms with E-state index < -0.39 is 11.6 Å². The zero-order valence-electron chi connectivity index (χ0n) is 11.1. The van der Waals surface area contributed by atoms with E-state index in [1.165, 1.54) is 6.07 Å². The maximum absolute atomic E-state index is 13.1. The number of hydrogen-bond acceptors (Lipinski definition) is 3. The van der Waals surface area contributed by atoms with Crippen molar-refractivity contribution in [3.63, 3.8) is 0 Å². The summed E-state index contributed by atoms with van der Waals surface area (Å²) in [6.45, 7) is 5.28. The number of likely N-dealkylation sites (tertiary alicyclic amines) is 1. The summed E-state index contributed by atoms with van der Waals surface area (Å²) in [6.07, 6.45) is 0. The van der Waals surface area contributed by atoms with Gasteiger partial charge in [-0.1, -0.05) is 0 Å².